The molecule has 1 aromatic carbocycles. The van der Waals surface area contributed by atoms with Crippen molar-refractivity contribution < 1.29 is 0 Å². The van der Waals surface area contributed by atoms with Crippen LogP contribution < -0.4 is 5.32 Å². The van der Waals surface area contributed by atoms with E-state index in [4.69, 9.17) is 0 Å². The lowest BCUT2D eigenvalue weighted by Crippen LogP contribution is -2.36. The standard InChI is InChI=1S/C17H22N4/c1-17(9-5-6-10-17)16-20-19-15-14(18-11-12-21(15)16)13-7-3-2-4-8-13/h2-4,7-8,14,18H,5-6,9-12H2,1H3. The molecule has 2 heterocycles. The summed E-state index contributed by atoms with van der Waals surface area (Å²) in [6.07, 6.45) is 5.13. The van der Waals surface area contributed by atoms with E-state index in [2.05, 4.69) is 57.3 Å². The van der Waals surface area contributed by atoms with E-state index in [1.54, 1.807) is 0 Å². The maximum atomic E-state index is 4.60. The van der Waals surface area contributed by atoms with Crippen molar-refractivity contribution in [3.05, 3.63) is 47.5 Å². The molecule has 1 aliphatic carbocycles. The fraction of sp³-hybridized carbons (Fsp3) is 0.529. The summed E-state index contributed by atoms with van der Waals surface area (Å²) in [6.45, 7) is 4.32. The molecule has 0 radical (unpaired) electrons. The Morgan fingerprint density at radius 3 is 2.67 bits per heavy atom. The van der Waals surface area contributed by atoms with Crippen molar-refractivity contribution in [3.63, 3.8) is 0 Å². The van der Waals surface area contributed by atoms with E-state index in [0.29, 0.717) is 0 Å². The summed E-state index contributed by atoms with van der Waals surface area (Å²) in [5.74, 6) is 2.29. The second-order valence-electron chi connectivity index (χ2n) is 6.60. The average molecular weight is 282 g/mol. The van der Waals surface area contributed by atoms with Crippen LogP contribution in [0.4, 0.5) is 0 Å². The van der Waals surface area contributed by atoms with Gasteiger partial charge in [-0.3, -0.25) is 0 Å². The Labute approximate surface area is 125 Å². The zero-order valence-corrected chi connectivity index (χ0v) is 12.5. The topological polar surface area (TPSA) is 42.7 Å². The maximum Gasteiger partial charge on any atom is 0.154 e. The summed E-state index contributed by atoms with van der Waals surface area (Å²) < 4.78 is 2.37. The number of benzene rings is 1. The second kappa shape index (κ2) is 4.95. The first-order valence-electron chi connectivity index (χ1n) is 8.00. The first kappa shape index (κ1) is 13.0. The van der Waals surface area contributed by atoms with Gasteiger partial charge in [0.1, 0.15) is 5.82 Å². The largest absolute Gasteiger partial charge is 0.312 e. The van der Waals surface area contributed by atoms with Crippen LogP contribution in [-0.4, -0.2) is 21.3 Å². The molecular formula is C17H22N4. The minimum Gasteiger partial charge on any atom is -0.312 e. The van der Waals surface area contributed by atoms with E-state index in [-0.39, 0.29) is 11.5 Å². The highest BCUT2D eigenvalue weighted by atomic mass is 15.3. The summed E-state index contributed by atoms with van der Waals surface area (Å²) in [5, 5.41) is 12.7. The van der Waals surface area contributed by atoms with Crippen LogP contribution in [-0.2, 0) is 12.0 Å². The molecule has 1 N–H and O–H groups in total. The van der Waals surface area contributed by atoms with Crippen LogP contribution in [0.3, 0.4) is 0 Å². The van der Waals surface area contributed by atoms with E-state index >= 15 is 0 Å². The Balaban J connectivity index is 1.75. The summed E-state index contributed by atoms with van der Waals surface area (Å²) in [4.78, 5) is 0. The van der Waals surface area contributed by atoms with Crippen LogP contribution in [0.15, 0.2) is 30.3 Å². The van der Waals surface area contributed by atoms with E-state index in [9.17, 15) is 0 Å². The van der Waals surface area contributed by atoms with Gasteiger partial charge in [-0.25, -0.2) is 0 Å². The molecule has 0 saturated heterocycles. The highest BCUT2D eigenvalue weighted by molar-refractivity contribution is 5.27. The third kappa shape index (κ3) is 2.09. The van der Waals surface area contributed by atoms with Gasteiger partial charge in [0, 0.05) is 18.5 Å². The van der Waals surface area contributed by atoms with Gasteiger partial charge >= 0.3 is 0 Å². The van der Waals surface area contributed by atoms with Gasteiger partial charge in [0.2, 0.25) is 0 Å². The molecule has 1 atom stereocenters. The van der Waals surface area contributed by atoms with E-state index in [0.717, 1.165) is 18.9 Å². The zero-order chi connectivity index (χ0) is 14.3. The van der Waals surface area contributed by atoms with Crippen molar-refractivity contribution in [2.24, 2.45) is 0 Å². The van der Waals surface area contributed by atoms with E-state index < -0.39 is 0 Å². The van der Waals surface area contributed by atoms with Crippen molar-refractivity contribution >= 4 is 0 Å². The fourth-order valence-corrected chi connectivity index (χ4v) is 3.90. The first-order valence-corrected chi connectivity index (χ1v) is 8.00. The number of aromatic nitrogens is 3. The van der Waals surface area contributed by atoms with Gasteiger partial charge in [-0.15, -0.1) is 10.2 Å². The molecule has 21 heavy (non-hydrogen) atoms. The van der Waals surface area contributed by atoms with Crippen LogP contribution >= 0.6 is 0 Å². The Bertz CT molecular complexity index is 625. The molecule has 2 aliphatic rings. The molecule has 1 unspecified atom stereocenters. The van der Waals surface area contributed by atoms with Gasteiger partial charge < -0.3 is 9.88 Å². The van der Waals surface area contributed by atoms with Crippen molar-refractivity contribution in [1.82, 2.24) is 20.1 Å². The number of nitrogens with one attached hydrogen (secondary N) is 1. The summed E-state index contributed by atoms with van der Waals surface area (Å²) in [6, 6.07) is 10.7. The molecule has 4 heteroatoms. The van der Waals surface area contributed by atoms with Crippen molar-refractivity contribution in [3.8, 4) is 0 Å². The smallest absolute Gasteiger partial charge is 0.154 e. The number of nitrogens with zero attached hydrogens (tertiary/aromatic N) is 3. The lowest BCUT2D eigenvalue weighted by atomic mass is 9.87. The summed E-state index contributed by atoms with van der Waals surface area (Å²) in [7, 11) is 0. The van der Waals surface area contributed by atoms with Gasteiger partial charge in [-0.1, -0.05) is 50.1 Å². The molecule has 1 aromatic heterocycles. The molecule has 1 aliphatic heterocycles. The van der Waals surface area contributed by atoms with Crippen molar-refractivity contribution in [1.29, 1.82) is 0 Å². The minimum atomic E-state index is 0.172. The van der Waals surface area contributed by atoms with Crippen LogP contribution in [0, 0.1) is 0 Å². The number of hydrogen-bond acceptors (Lipinski definition) is 3. The monoisotopic (exact) mass is 282 g/mol. The normalized spacial score (nSPS) is 24.0. The van der Waals surface area contributed by atoms with Crippen LogP contribution in [0.25, 0.3) is 0 Å². The molecular weight excluding hydrogens is 260 g/mol. The first-order chi connectivity index (χ1) is 10.3. The molecule has 1 saturated carbocycles. The van der Waals surface area contributed by atoms with Crippen molar-refractivity contribution in [2.45, 2.75) is 50.6 Å². The zero-order valence-electron chi connectivity index (χ0n) is 12.5. The van der Waals surface area contributed by atoms with Crippen LogP contribution in [0.2, 0.25) is 0 Å². The second-order valence-corrected chi connectivity index (χ2v) is 6.60. The highest BCUT2D eigenvalue weighted by Crippen LogP contribution is 2.40. The van der Waals surface area contributed by atoms with Gasteiger partial charge in [0.05, 0.1) is 6.04 Å². The molecule has 1 fully saturated rings. The Morgan fingerprint density at radius 2 is 1.90 bits per heavy atom. The number of hydrogen-bond donors (Lipinski definition) is 1. The van der Waals surface area contributed by atoms with E-state index in [1.165, 1.54) is 37.1 Å². The van der Waals surface area contributed by atoms with Crippen LogP contribution in [0.5, 0.6) is 0 Å². The van der Waals surface area contributed by atoms with Gasteiger partial charge in [-0.2, -0.15) is 0 Å². The third-order valence-electron chi connectivity index (χ3n) is 5.10. The molecule has 0 amide bonds. The lowest BCUT2D eigenvalue weighted by molar-refractivity contribution is 0.392. The summed E-state index contributed by atoms with van der Waals surface area (Å²) >= 11 is 0. The number of fused-ring (bicyclic) bond motifs is 1. The highest BCUT2D eigenvalue weighted by Gasteiger charge is 2.38. The summed E-state index contributed by atoms with van der Waals surface area (Å²) in [5.41, 5.74) is 1.50. The number of rotatable bonds is 2. The predicted octanol–water partition coefficient (Wildman–Crippen LogP) is 2.80. The third-order valence-corrected chi connectivity index (χ3v) is 5.10. The Kier molecular flexibility index (Phi) is 3.07. The van der Waals surface area contributed by atoms with Gasteiger partial charge in [0.25, 0.3) is 0 Å². The Hall–Kier alpha value is -1.68. The SMILES string of the molecule is CC1(c2nnc3n2CCNC3c2ccccc2)CCCC1. The minimum absolute atomic E-state index is 0.172. The molecule has 0 bridgehead atoms. The molecule has 4 rings (SSSR count). The average Bonchev–Trinajstić information content (AvgIpc) is 3.15. The fourth-order valence-electron chi connectivity index (χ4n) is 3.90. The van der Waals surface area contributed by atoms with Crippen LogP contribution in [0.1, 0.15) is 55.9 Å². The molecule has 4 nitrogen and oxygen atoms in total. The van der Waals surface area contributed by atoms with Gasteiger partial charge in [0.15, 0.2) is 5.82 Å². The predicted molar refractivity (Wildman–Crippen MR) is 82.1 cm³/mol. The Morgan fingerprint density at radius 1 is 1.14 bits per heavy atom. The molecule has 110 valence electrons. The molecule has 2 aromatic rings. The molecule has 0 spiro atoms. The van der Waals surface area contributed by atoms with Crippen molar-refractivity contribution in [2.75, 3.05) is 6.54 Å². The van der Waals surface area contributed by atoms with E-state index in [1.807, 2.05) is 0 Å². The van der Waals surface area contributed by atoms with Gasteiger partial charge in [-0.05, 0) is 18.4 Å². The quantitative estimate of drug-likeness (QED) is 0.921. The maximum absolute atomic E-state index is 4.60. The lowest BCUT2D eigenvalue weighted by Gasteiger charge is -2.29.